The summed E-state index contributed by atoms with van der Waals surface area (Å²) in [6.07, 6.45) is 1.63. The molecule has 0 aliphatic carbocycles. The standard InChI is InChI=1S/C25H21N3O/c1-19-12-17-24(21-10-6-3-7-11-21)28(19)23-15-13-22(14-16-23)25(29)27-26-18-20-8-4-2-5-9-20/h2-18H,1H3,(H,27,29)/b26-18+. The van der Waals surface area contributed by atoms with Crippen molar-refractivity contribution in [1.82, 2.24) is 9.99 Å². The summed E-state index contributed by atoms with van der Waals surface area (Å²) < 4.78 is 2.19. The second-order valence-corrected chi connectivity index (χ2v) is 6.72. The lowest BCUT2D eigenvalue weighted by atomic mass is 10.1. The van der Waals surface area contributed by atoms with Gasteiger partial charge in [0.25, 0.3) is 5.91 Å². The highest BCUT2D eigenvalue weighted by molar-refractivity contribution is 5.95. The van der Waals surface area contributed by atoms with Crippen LogP contribution in [0, 0.1) is 6.92 Å². The van der Waals surface area contributed by atoms with Gasteiger partial charge in [-0.05, 0) is 54.4 Å². The fraction of sp³-hybridized carbons (Fsp3) is 0.0400. The van der Waals surface area contributed by atoms with E-state index >= 15 is 0 Å². The van der Waals surface area contributed by atoms with E-state index in [1.165, 1.54) is 0 Å². The van der Waals surface area contributed by atoms with E-state index in [2.05, 4.69) is 46.3 Å². The lowest BCUT2D eigenvalue weighted by molar-refractivity contribution is 0.0955. The van der Waals surface area contributed by atoms with E-state index in [0.29, 0.717) is 5.56 Å². The van der Waals surface area contributed by atoms with Gasteiger partial charge in [-0.1, -0.05) is 60.7 Å². The number of rotatable bonds is 5. The first-order chi connectivity index (χ1) is 14.2. The molecule has 29 heavy (non-hydrogen) atoms. The fourth-order valence-corrected chi connectivity index (χ4v) is 3.25. The van der Waals surface area contributed by atoms with Crippen LogP contribution in [0.25, 0.3) is 16.9 Å². The molecule has 1 aromatic heterocycles. The van der Waals surface area contributed by atoms with Gasteiger partial charge in [-0.3, -0.25) is 4.79 Å². The zero-order valence-electron chi connectivity index (χ0n) is 16.1. The normalized spacial score (nSPS) is 10.9. The van der Waals surface area contributed by atoms with Crippen molar-refractivity contribution in [3.63, 3.8) is 0 Å². The minimum Gasteiger partial charge on any atom is -0.314 e. The number of nitrogens with one attached hydrogen (secondary N) is 1. The third kappa shape index (κ3) is 4.17. The Morgan fingerprint density at radius 2 is 1.48 bits per heavy atom. The number of aryl methyl sites for hydroxylation is 1. The second kappa shape index (κ2) is 8.40. The van der Waals surface area contributed by atoms with E-state index in [4.69, 9.17) is 0 Å². The van der Waals surface area contributed by atoms with E-state index in [0.717, 1.165) is 28.2 Å². The molecule has 4 aromatic rings. The van der Waals surface area contributed by atoms with E-state index in [-0.39, 0.29) is 5.91 Å². The highest BCUT2D eigenvalue weighted by atomic mass is 16.2. The lowest BCUT2D eigenvalue weighted by Crippen LogP contribution is -2.17. The van der Waals surface area contributed by atoms with Gasteiger partial charge >= 0.3 is 0 Å². The maximum atomic E-state index is 12.4. The average molecular weight is 379 g/mol. The Morgan fingerprint density at radius 1 is 0.828 bits per heavy atom. The summed E-state index contributed by atoms with van der Waals surface area (Å²) in [4.78, 5) is 12.4. The molecule has 0 saturated carbocycles. The van der Waals surface area contributed by atoms with E-state index in [9.17, 15) is 4.79 Å². The number of carbonyl (C=O) groups is 1. The monoisotopic (exact) mass is 379 g/mol. The van der Waals surface area contributed by atoms with Crippen molar-refractivity contribution in [2.75, 3.05) is 0 Å². The van der Waals surface area contributed by atoms with Crippen LogP contribution in [-0.2, 0) is 0 Å². The van der Waals surface area contributed by atoms with Crippen molar-refractivity contribution in [2.45, 2.75) is 6.92 Å². The molecule has 0 radical (unpaired) electrons. The molecule has 0 fully saturated rings. The fourth-order valence-electron chi connectivity index (χ4n) is 3.25. The number of hydrazone groups is 1. The summed E-state index contributed by atoms with van der Waals surface area (Å²) >= 11 is 0. The van der Waals surface area contributed by atoms with Crippen LogP contribution in [0.15, 0.2) is 102 Å². The van der Waals surface area contributed by atoms with Crippen LogP contribution < -0.4 is 5.43 Å². The molecule has 0 spiro atoms. The topological polar surface area (TPSA) is 46.4 Å². The number of nitrogens with zero attached hydrogens (tertiary/aromatic N) is 2. The quantitative estimate of drug-likeness (QED) is 0.375. The van der Waals surface area contributed by atoms with Gasteiger partial charge in [0, 0.05) is 16.9 Å². The Balaban J connectivity index is 1.52. The first kappa shape index (κ1) is 18.4. The minimum atomic E-state index is -0.240. The molecule has 4 heteroatoms. The zero-order chi connectivity index (χ0) is 20.1. The Morgan fingerprint density at radius 3 is 2.17 bits per heavy atom. The van der Waals surface area contributed by atoms with Crippen LogP contribution in [0.4, 0.5) is 0 Å². The third-order valence-corrected chi connectivity index (χ3v) is 4.71. The van der Waals surface area contributed by atoms with Crippen LogP contribution in [-0.4, -0.2) is 16.7 Å². The highest BCUT2D eigenvalue weighted by Crippen LogP contribution is 2.26. The lowest BCUT2D eigenvalue weighted by Gasteiger charge is -2.12. The Labute approximate surface area is 170 Å². The van der Waals surface area contributed by atoms with Crippen molar-refractivity contribution in [3.05, 3.63) is 114 Å². The SMILES string of the molecule is Cc1ccc(-c2ccccc2)n1-c1ccc(C(=O)N/N=C/c2ccccc2)cc1. The molecular formula is C25H21N3O. The molecule has 0 bridgehead atoms. The predicted molar refractivity (Wildman–Crippen MR) is 117 cm³/mol. The number of amides is 1. The number of aromatic nitrogens is 1. The molecule has 4 rings (SSSR count). The summed E-state index contributed by atoms with van der Waals surface area (Å²) in [5.74, 6) is -0.240. The zero-order valence-corrected chi connectivity index (χ0v) is 16.1. The highest BCUT2D eigenvalue weighted by Gasteiger charge is 2.10. The molecule has 1 amide bonds. The molecule has 4 nitrogen and oxygen atoms in total. The summed E-state index contributed by atoms with van der Waals surface area (Å²) in [6.45, 7) is 2.07. The smallest absolute Gasteiger partial charge is 0.271 e. The molecule has 0 aliphatic rings. The first-order valence-electron chi connectivity index (χ1n) is 9.45. The maximum absolute atomic E-state index is 12.4. The molecule has 1 heterocycles. The van der Waals surface area contributed by atoms with E-state index in [1.54, 1.807) is 6.21 Å². The largest absolute Gasteiger partial charge is 0.314 e. The molecule has 0 unspecified atom stereocenters. The van der Waals surface area contributed by atoms with Crippen molar-refractivity contribution >= 4 is 12.1 Å². The van der Waals surface area contributed by atoms with Gasteiger partial charge < -0.3 is 4.57 Å². The van der Waals surface area contributed by atoms with Gasteiger partial charge in [-0.15, -0.1) is 0 Å². The van der Waals surface area contributed by atoms with Gasteiger partial charge in [0.15, 0.2) is 0 Å². The molecular weight excluding hydrogens is 358 g/mol. The summed E-state index contributed by atoms with van der Waals surface area (Å²) in [5, 5.41) is 4.03. The van der Waals surface area contributed by atoms with Gasteiger partial charge in [-0.2, -0.15) is 5.10 Å². The number of carbonyl (C=O) groups excluding carboxylic acids is 1. The molecule has 0 saturated heterocycles. The Kier molecular flexibility index (Phi) is 5.34. The van der Waals surface area contributed by atoms with E-state index < -0.39 is 0 Å². The van der Waals surface area contributed by atoms with Crippen LogP contribution in [0.5, 0.6) is 0 Å². The Hall–Kier alpha value is -3.92. The number of hydrogen-bond donors (Lipinski definition) is 1. The van der Waals surface area contributed by atoms with Crippen LogP contribution in [0.3, 0.4) is 0 Å². The maximum Gasteiger partial charge on any atom is 0.271 e. The molecule has 3 aromatic carbocycles. The van der Waals surface area contributed by atoms with Crippen LogP contribution in [0.2, 0.25) is 0 Å². The van der Waals surface area contributed by atoms with Crippen molar-refractivity contribution in [2.24, 2.45) is 5.10 Å². The number of benzene rings is 3. The molecule has 1 N–H and O–H groups in total. The Bertz CT molecular complexity index is 1130. The molecule has 142 valence electrons. The van der Waals surface area contributed by atoms with Gasteiger partial charge in [0.1, 0.15) is 0 Å². The van der Waals surface area contributed by atoms with Gasteiger partial charge in [0.2, 0.25) is 0 Å². The summed E-state index contributed by atoms with van der Waals surface area (Å²) in [6, 6.07) is 31.7. The summed E-state index contributed by atoms with van der Waals surface area (Å²) in [5.41, 5.74) is 8.48. The van der Waals surface area contributed by atoms with Crippen LogP contribution >= 0.6 is 0 Å². The molecule has 0 atom stereocenters. The number of hydrogen-bond acceptors (Lipinski definition) is 2. The van der Waals surface area contributed by atoms with Crippen LogP contribution in [0.1, 0.15) is 21.6 Å². The first-order valence-corrected chi connectivity index (χ1v) is 9.45. The van der Waals surface area contributed by atoms with E-state index in [1.807, 2.05) is 72.8 Å². The summed E-state index contributed by atoms with van der Waals surface area (Å²) in [7, 11) is 0. The van der Waals surface area contributed by atoms with Crippen molar-refractivity contribution < 1.29 is 4.79 Å². The molecule has 0 aliphatic heterocycles. The van der Waals surface area contributed by atoms with Crippen molar-refractivity contribution in [1.29, 1.82) is 0 Å². The predicted octanol–water partition coefficient (Wildman–Crippen LogP) is 5.22. The minimum absolute atomic E-state index is 0.240. The average Bonchev–Trinajstić information content (AvgIpc) is 3.16. The third-order valence-electron chi connectivity index (χ3n) is 4.71. The van der Waals surface area contributed by atoms with Crippen molar-refractivity contribution in [3.8, 4) is 16.9 Å². The van der Waals surface area contributed by atoms with Gasteiger partial charge in [-0.25, -0.2) is 5.43 Å². The second-order valence-electron chi connectivity index (χ2n) is 6.72. The van der Waals surface area contributed by atoms with Gasteiger partial charge in [0.05, 0.1) is 11.9 Å².